The Hall–Kier alpha value is -4.24. The Balaban J connectivity index is -0.00000110. The number of likely N-dealkylation sites (N-methyl/N-ethyl adjacent to an activating group) is 2. The number of Topliss-reactive ketones (excluding diaryl/α,β-unsaturated/α-hetero) is 1. The van der Waals surface area contributed by atoms with E-state index in [-0.39, 0.29) is 24.4 Å². The molecule has 0 aromatic carbocycles. The molecule has 0 radical (unpaired) electrons. The molecule has 4 unspecified atom stereocenters. The number of amides is 6. The van der Waals surface area contributed by atoms with Gasteiger partial charge in [-0.05, 0) is 66.7 Å². The van der Waals surface area contributed by atoms with E-state index in [0.29, 0.717) is 32.2 Å². The quantitative estimate of drug-likeness (QED) is 0.0422. The van der Waals surface area contributed by atoms with Crippen LogP contribution in [-0.2, 0) is 33.5 Å². The van der Waals surface area contributed by atoms with Crippen LogP contribution in [0.4, 0.5) is 4.79 Å². The third kappa shape index (κ3) is 23.1. The number of rotatable bonds is 17. The molecule has 6 N–H and O–H groups in total. The van der Waals surface area contributed by atoms with Crippen LogP contribution in [0.15, 0.2) is 37.0 Å². The number of hydrogen-bond donors (Lipinski definition) is 6. The van der Waals surface area contributed by atoms with Crippen LogP contribution < -0.4 is 31.9 Å². The fourth-order valence-electron chi connectivity index (χ4n) is 4.51. The van der Waals surface area contributed by atoms with Gasteiger partial charge in [0.1, 0.15) is 29.9 Å². The summed E-state index contributed by atoms with van der Waals surface area (Å²) in [4.78, 5) is 86.1. The SMILES string of the molecule is C=C/C=C\C=C/CC(NC=O)C(=O)NC.CC.CCNC(=O)C(=O)C(NC(=O)C1CCCN1C(=O)C(NC(=O)OC(C)(C)C)C(C)C)NC(C)C.CCl. The maximum absolute atomic E-state index is 13.3. The molecule has 1 heterocycles. The van der Waals surface area contributed by atoms with Crippen LogP contribution in [0.3, 0.4) is 0 Å². The minimum atomic E-state index is -1.22. The fraction of sp³-hybridized carbons (Fsp3) is 0.649. The summed E-state index contributed by atoms with van der Waals surface area (Å²) in [7, 11) is 1.53. The van der Waals surface area contributed by atoms with Crippen LogP contribution in [0.1, 0.15) is 88.5 Å². The van der Waals surface area contributed by atoms with Gasteiger partial charge in [0.05, 0.1) is 0 Å². The second-order valence-corrected chi connectivity index (χ2v) is 12.8. The number of carbonyl (C=O) groups is 7. The molecule has 0 aromatic rings. The molecule has 15 nitrogen and oxygen atoms in total. The van der Waals surface area contributed by atoms with E-state index in [1.807, 2.05) is 13.8 Å². The van der Waals surface area contributed by atoms with Crippen LogP contribution in [0.5, 0.6) is 0 Å². The largest absolute Gasteiger partial charge is 0.444 e. The molecule has 0 bridgehead atoms. The Morgan fingerprint density at radius 2 is 1.58 bits per heavy atom. The van der Waals surface area contributed by atoms with Crippen LogP contribution in [0.25, 0.3) is 0 Å². The van der Waals surface area contributed by atoms with Gasteiger partial charge < -0.3 is 36.2 Å². The van der Waals surface area contributed by atoms with E-state index in [9.17, 15) is 33.6 Å². The first-order valence-corrected chi connectivity index (χ1v) is 18.6. The zero-order valence-corrected chi connectivity index (χ0v) is 34.5. The maximum atomic E-state index is 13.3. The van der Waals surface area contributed by atoms with Crippen LogP contribution in [-0.4, -0.2) is 109 Å². The van der Waals surface area contributed by atoms with Crippen molar-refractivity contribution in [3.8, 4) is 0 Å². The Morgan fingerprint density at radius 3 is 2.06 bits per heavy atom. The monoisotopic (exact) mass is 771 g/mol. The van der Waals surface area contributed by atoms with Crippen molar-refractivity contribution in [1.29, 1.82) is 0 Å². The molecular formula is C37H66ClN7O8. The molecular weight excluding hydrogens is 706 g/mol. The summed E-state index contributed by atoms with van der Waals surface area (Å²) >= 11 is 4.64. The van der Waals surface area contributed by atoms with Crippen molar-refractivity contribution in [2.24, 2.45) is 5.92 Å². The number of carbonyl (C=O) groups excluding carboxylic acids is 7. The lowest BCUT2D eigenvalue weighted by atomic mass is 10.0. The summed E-state index contributed by atoms with van der Waals surface area (Å²) in [5.41, 5.74) is -0.722. The number of ketones is 1. The van der Waals surface area contributed by atoms with Gasteiger partial charge in [0.25, 0.3) is 11.7 Å². The standard InChI is InChI=1S/C23H41N5O6.C11H16N2O2.C2H6.CH3Cl/c1-9-24-20(31)17(29)18(25-14(4)5)27-19(30)15-11-10-12-28(15)21(32)16(13(2)3)26-22(33)34-23(6,7)8;1-3-4-5-6-7-8-10(13-9-14)11(15)12-2;2*1-2/h13-16,18,25H,9-12H2,1-8H3,(H,24,31)(H,26,33)(H,27,30);3-7,9-10H,1,8H2,2H3,(H,12,15)(H,13,14);1-2H3;1H3/b;5-4-,7-6-;;. The summed E-state index contributed by atoms with van der Waals surface area (Å²) < 4.78 is 5.28. The van der Waals surface area contributed by atoms with Crippen molar-refractivity contribution in [2.75, 3.05) is 26.5 Å². The molecule has 0 aliphatic carbocycles. The molecule has 1 aliphatic heterocycles. The summed E-state index contributed by atoms with van der Waals surface area (Å²) in [6, 6.07) is -2.41. The molecule has 0 spiro atoms. The second kappa shape index (κ2) is 30.2. The minimum Gasteiger partial charge on any atom is -0.444 e. The number of alkyl carbamates (subject to hydrolysis) is 1. The summed E-state index contributed by atoms with van der Waals surface area (Å²) in [5.74, 6) is -3.02. The Bertz CT molecular complexity index is 1200. The van der Waals surface area contributed by atoms with Gasteiger partial charge in [-0.15, -0.1) is 11.6 Å². The van der Waals surface area contributed by atoms with Crippen molar-refractivity contribution in [3.05, 3.63) is 37.0 Å². The molecule has 1 saturated heterocycles. The minimum absolute atomic E-state index is 0.187. The average molecular weight is 772 g/mol. The zero-order chi connectivity index (χ0) is 41.7. The molecule has 1 fully saturated rings. The van der Waals surface area contributed by atoms with E-state index < -0.39 is 59.5 Å². The highest BCUT2D eigenvalue weighted by atomic mass is 35.5. The van der Waals surface area contributed by atoms with Crippen LogP contribution in [0, 0.1) is 5.92 Å². The highest BCUT2D eigenvalue weighted by Crippen LogP contribution is 2.21. The lowest BCUT2D eigenvalue weighted by Crippen LogP contribution is -2.61. The van der Waals surface area contributed by atoms with E-state index in [0.717, 1.165) is 0 Å². The molecule has 53 heavy (non-hydrogen) atoms. The number of halogens is 1. The number of hydrogen-bond acceptors (Lipinski definition) is 9. The first kappa shape index (κ1) is 53.1. The number of allylic oxidation sites excluding steroid dienone is 4. The Labute approximate surface area is 321 Å². The van der Waals surface area contributed by atoms with E-state index in [1.165, 1.54) is 18.3 Å². The van der Waals surface area contributed by atoms with Gasteiger partial charge in [-0.25, -0.2) is 4.79 Å². The molecule has 4 atom stereocenters. The third-order valence-corrected chi connectivity index (χ3v) is 6.75. The Kier molecular flexibility index (Phi) is 30.3. The molecule has 1 aliphatic rings. The van der Waals surface area contributed by atoms with Gasteiger partial charge in [-0.2, -0.15) is 0 Å². The Morgan fingerprint density at radius 1 is 0.981 bits per heavy atom. The van der Waals surface area contributed by atoms with Crippen molar-refractivity contribution in [1.82, 2.24) is 36.8 Å². The summed E-state index contributed by atoms with van der Waals surface area (Å²) in [6.07, 6.45) is 10.3. The molecule has 0 saturated carbocycles. The molecule has 16 heteroatoms. The fourth-order valence-corrected chi connectivity index (χ4v) is 4.51. The first-order valence-electron chi connectivity index (χ1n) is 17.9. The topological polar surface area (TPSA) is 204 Å². The van der Waals surface area contributed by atoms with Gasteiger partial charge in [-0.1, -0.05) is 64.7 Å². The normalized spacial score (nSPS) is 15.2. The highest BCUT2D eigenvalue weighted by molar-refractivity contribution is 6.38. The predicted molar refractivity (Wildman–Crippen MR) is 210 cm³/mol. The molecule has 0 aromatic heterocycles. The lowest BCUT2D eigenvalue weighted by molar-refractivity contribution is -0.143. The van der Waals surface area contributed by atoms with E-state index >= 15 is 0 Å². The zero-order valence-electron chi connectivity index (χ0n) is 33.8. The number of likely N-dealkylation sites (tertiary alicyclic amines) is 1. The smallest absolute Gasteiger partial charge is 0.408 e. The number of nitrogens with zero attached hydrogens (tertiary/aromatic N) is 1. The van der Waals surface area contributed by atoms with Gasteiger partial charge in [0, 0.05) is 32.6 Å². The number of nitrogens with one attached hydrogen (secondary N) is 6. The lowest BCUT2D eigenvalue weighted by Gasteiger charge is -2.32. The van der Waals surface area contributed by atoms with Crippen LogP contribution in [0.2, 0.25) is 0 Å². The van der Waals surface area contributed by atoms with Crippen molar-refractivity contribution >= 4 is 53.5 Å². The van der Waals surface area contributed by atoms with E-state index in [2.05, 4.69) is 50.1 Å². The summed E-state index contributed by atoms with van der Waals surface area (Å²) in [5, 5.41) is 15.4. The van der Waals surface area contributed by atoms with Gasteiger partial charge >= 0.3 is 6.09 Å². The summed E-state index contributed by atoms with van der Waals surface area (Å²) in [6.45, 7) is 22.1. The number of alkyl halides is 1. The molecule has 6 amide bonds. The second-order valence-electron chi connectivity index (χ2n) is 12.8. The highest BCUT2D eigenvalue weighted by Gasteiger charge is 2.40. The van der Waals surface area contributed by atoms with Crippen molar-refractivity contribution in [2.45, 2.75) is 124 Å². The molecule has 304 valence electrons. The van der Waals surface area contributed by atoms with Crippen LogP contribution >= 0.6 is 11.6 Å². The molecule has 1 rings (SSSR count). The van der Waals surface area contributed by atoms with Gasteiger partial charge in [0.2, 0.25) is 24.1 Å². The van der Waals surface area contributed by atoms with Crippen molar-refractivity contribution < 1.29 is 38.3 Å². The van der Waals surface area contributed by atoms with E-state index in [1.54, 1.807) is 85.8 Å². The van der Waals surface area contributed by atoms with Gasteiger partial charge in [-0.3, -0.25) is 34.1 Å². The maximum Gasteiger partial charge on any atom is 0.408 e. The average Bonchev–Trinajstić information content (AvgIpc) is 3.60. The van der Waals surface area contributed by atoms with Gasteiger partial charge in [0.15, 0.2) is 0 Å². The van der Waals surface area contributed by atoms with E-state index in [4.69, 9.17) is 4.74 Å². The third-order valence-electron chi connectivity index (χ3n) is 6.75. The number of ether oxygens (including phenoxy) is 1. The predicted octanol–water partition coefficient (Wildman–Crippen LogP) is 3.09. The van der Waals surface area contributed by atoms with Crippen molar-refractivity contribution in [3.63, 3.8) is 0 Å². The first-order chi connectivity index (χ1) is 24.9.